The van der Waals surface area contributed by atoms with Crippen molar-refractivity contribution in [2.75, 3.05) is 5.32 Å². The summed E-state index contributed by atoms with van der Waals surface area (Å²) >= 11 is 8.19. The number of rotatable bonds is 2. The fraction of sp³-hybridized carbons (Fsp3) is 0.364. The molecule has 1 amide bonds. The van der Waals surface area contributed by atoms with Gasteiger partial charge in [-0.3, -0.25) is 4.79 Å². The lowest BCUT2D eigenvalue weighted by atomic mass is 9.85. The zero-order valence-corrected chi connectivity index (χ0v) is 11.0. The molecule has 0 radical (unpaired) electrons. The van der Waals surface area contributed by atoms with Crippen molar-refractivity contribution in [3.05, 3.63) is 26.8 Å². The zero-order valence-electron chi connectivity index (χ0n) is 8.09. The summed E-state index contributed by atoms with van der Waals surface area (Å²) in [4.78, 5) is 11.7. The van der Waals surface area contributed by atoms with Crippen molar-refractivity contribution in [1.29, 1.82) is 0 Å². The van der Waals surface area contributed by atoms with Crippen LogP contribution >= 0.6 is 34.2 Å². The standard InChI is InChI=1S/C11H11ClINO/c12-9-5-4-8(13)6-10(9)14-11(15)7-2-1-3-7/h4-7H,1-3H2,(H,14,15). The highest BCUT2D eigenvalue weighted by atomic mass is 127. The number of benzene rings is 1. The average Bonchev–Trinajstić information content (AvgIpc) is 2.08. The number of amides is 1. The molecule has 80 valence electrons. The molecular weight excluding hydrogens is 324 g/mol. The van der Waals surface area contributed by atoms with Gasteiger partial charge in [-0.2, -0.15) is 0 Å². The van der Waals surface area contributed by atoms with Crippen molar-refractivity contribution in [2.24, 2.45) is 5.92 Å². The number of hydrogen-bond acceptors (Lipinski definition) is 1. The molecule has 4 heteroatoms. The van der Waals surface area contributed by atoms with E-state index in [1.54, 1.807) is 6.07 Å². The largest absolute Gasteiger partial charge is 0.324 e. The summed E-state index contributed by atoms with van der Waals surface area (Å²) in [5, 5.41) is 3.48. The highest BCUT2D eigenvalue weighted by Gasteiger charge is 2.25. The maximum atomic E-state index is 11.7. The van der Waals surface area contributed by atoms with Crippen LogP contribution in [0.15, 0.2) is 18.2 Å². The molecule has 1 aromatic rings. The van der Waals surface area contributed by atoms with Crippen LogP contribution in [0, 0.1) is 9.49 Å². The molecule has 2 nitrogen and oxygen atoms in total. The fourth-order valence-electron chi connectivity index (χ4n) is 1.50. The van der Waals surface area contributed by atoms with Gasteiger partial charge < -0.3 is 5.32 Å². The van der Waals surface area contributed by atoms with Crippen LogP contribution in [0.25, 0.3) is 0 Å². The molecule has 0 heterocycles. The number of hydrogen-bond donors (Lipinski definition) is 1. The maximum absolute atomic E-state index is 11.7. The average molecular weight is 336 g/mol. The molecule has 1 N–H and O–H groups in total. The van der Waals surface area contributed by atoms with Gasteiger partial charge in [0.15, 0.2) is 0 Å². The smallest absolute Gasteiger partial charge is 0.227 e. The van der Waals surface area contributed by atoms with E-state index in [-0.39, 0.29) is 11.8 Å². The molecule has 0 spiro atoms. The first-order chi connectivity index (χ1) is 7.16. The van der Waals surface area contributed by atoms with Crippen LogP contribution in [0.2, 0.25) is 5.02 Å². The normalized spacial score (nSPS) is 15.9. The molecule has 0 bridgehead atoms. The number of carbonyl (C=O) groups is 1. The third-order valence-electron chi connectivity index (χ3n) is 2.66. The lowest BCUT2D eigenvalue weighted by Gasteiger charge is -2.24. The first-order valence-electron chi connectivity index (χ1n) is 4.93. The number of carbonyl (C=O) groups excluding carboxylic acids is 1. The summed E-state index contributed by atoms with van der Waals surface area (Å²) in [5.41, 5.74) is 0.723. The molecule has 1 aromatic carbocycles. The van der Waals surface area contributed by atoms with Crippen LogP contribution in [0.3, 0.4) is 0 Å². The predicted molar refractivity (Wildman–Crippen MR) is 70.1 cm³/mol. The Hall–Kier alpha value is -0.290. The van der Waals surface area contributed by atoms with Crippen molar-refractivity contribution < 1.29 is 4.79 Å². The minimum absolute atomic E-state index is 0.102. The van der Waals surface area contributed by atoms with E-state index in [0.29, 0.717) is 5.02 Å². The van der Waals surface area contributed by atoms with Crippen LogP contribution in [-0.4, -0.2) is 5.91 Å². The monoisotopic (exact) mass is 335 g/mol. The Balaban J connectivity index is 2.09. The fourth-order valence-corrected chi connectivity index (χ4v) is 2.15. The van der Waals surface area contributed by atoms with E-state index in [4.69, 9.17) is 11.6 Å². The Bertz CT molecular complexity index is 390. The molecule has 1 aliphatic carbocycles. The van der Waals surface area contributed by atoms with Crippen molar-refractivity contribution in [1.82, 2.24) is 0 Å². The molecule has 0 atom stereocenters. The Kier molecular flexibility index (Phi) is 3.51. The van der Waals surface area contributed by atoms with Crippen LogP contribution < -0.4 is 5.32 Å². The van der Waals surface area contributed by atoms with Crippen LogP contribution in [0.1, 0.15) is 19.3 Å². The van der Waals surface area contributed by atoms with Crippen LogP contribution in [0.5, 0.6) is 0 Å². The van der Waals surface area contributed by atoms with E-state index in [1.807, 2.05) is 12.1 Å². The first-order valence-corrected chi connectivity index (χ1v) is 6.38. The Morgan fingerprint density at radius 1 is 1.47 bits per heavy atom. The highest BCUT2D eigenvalue weighted by Crippen LogP contribution is 2.29. The van der Waals surface area contributed by atoms with Crippen molar-refractivity contribution >= 4 is 45.8 Å². The molecule has 15 heavy (non-hydrogen) atoms. The van der Waals surface area contributed by atoms with Crippen molar-refractivity contribution in [3.63, 3.8) is 0 Å². The van der Waals surface area contributed by atoms with Gasteiger partial charge in [-0.05, 0) is 53.6 Å². The van der Waals surface area contributed by atoms with Gasteiger partial charge in [0.1, 0.15) is 0 Å². The number of anilines is 1. The lowest BCUT2D eigenvalue weighted by Crippen LogP contribution is -2.28. The summed E-state index contributed by atoms with van der Waals surface area (Å²) in [6, 6.07) is 5.61. The van der Waals surface area contributed by atoms with Crippen molar-refractivity contribution in [3.8, 4) is 0 Å². The molecule has 0 unspecified atom stereocenters. The molecule has 2 rings (SSSR count). The van der Waals surface area contributed by atoms with Gasteiger partial charge in [0.25, 0.3) is 0 Å². The number of nitrogens with one attached hydrogen (secondary N) is 1. The SMILES string of the molecule is O=C(Nc1cc(I)ccc1Cl)C1CCC1. The topological polar surface area (TPSA) is 29.1 Å². The van der Waals surface area contributed by atoms with Crippen molar-refractivity contribution in [2.45, 2.75) is 19.3 Å². The first kappa shape index (κ1) is 11.2. The molecular formula is C11H11ClINO. The van der Waals surface area contributed by atoms with Gasteiger partial charge in [0, 0.05) is 9.49 Å². The van der Waals surface area contributed by atoms with E-state index in [2.05, 4.69) is 27.9 Å². The Morgan fingerprint density at radius 3 is 2.80 bits per heavy atom. The lowest BCUT2D eigenvalue weighted by molar-refractivity contribution is -0.122. The van der Waals surface area contributed by atoms with E-state index in [1.165, 1.54) is 0 Å². The highest BCUT2D eigenvalue weighted by molar-refractivity contribution is 14.1. The molecule has 1 fully saturated rings. The van der Waals surface area contributed by atoms with Gasteiger partial charge in [0.05, 0.1) is 10.7 Å². The molecule has 1 aliphatic rings. The van der Waals surface area contributed by atoms with E-state index in [0.717, 1.165) is 28.5 Å². The summed E-state index contributed by atoms with van der Waals surface area (Å²) in [6.07, 6.45) is 3.18. The third kappa shape index (κ3) is 2.64. The van der Waals surface area contributed by atoms with Gasteiger partial charge in [-0.15, -0.1) is 0 Å². The Labute approximate surface area is 108 Å². The summed E-state index contributed by atoms with van der Waals surface area (Å²) in [6.45, 7) is 0. The van der Waals surface area contributed by atoms with E-state index in [9.17, 15) is 4.79 Å². The second-order valence-corrected chi connectivity index (χ2v) is 5.39. The maximum Gasteiger partial charge on any atom is 0.227 e. The summed E-state index contributed by atoms with van der Waals surface area (Å²) < 4.78 is 1.07. The molecule has 0 aromatic heterocycles. The van der Waals surface area contributed by atoms with Gasteiger partial charge in [-0.1, -0.05) is 18.0 Å². The molecule has 0 saturated heterocycles. The number of halogens is 2. The predicted octanol–water partition coefficient (Wildman–Crippen LogP) is 3.68. The van der Waals surface area contributed by atoms with Gasteiger partial charge >= 0.3 is 0 Å². The molecule has 0 aliphatic heterocycles. The Morgan fingerprint density at radius 2 is 2.20 bits per heavy atom. The summed E-state index contributed by atoms with van der Waals surface area (Å²) in [7, 11) is 0. The minimum Gasteiger partial charge on any atom is -0.324 e. The van der Waals surface area contributed by atoms with Gasteiger partial charge in [0.2, 0.25) is 5.91 Å². The summed E-state index contributed by atoms with van der Waals surface area (Å²) in [5.74, 6) is 0.295. The van der Waals surface area contributed by atoms with Gasteiger partial charge in [-0.25, -0.2) is 0 Å². The minimum atomic E-state index is 0.102. The van der Waals surface area contributed by atoms with Crippen LogP contribution in [0.4, 0.5) is 5.69 Å². The molecule has 1 saturated carbocycles. The second kappa shape index (κ2) is 4.70. The zero-order chi connectivity index (χ0) is 10.8. The van der Waals surface area contributed by atoms with Crippen LogP contribution in [-0.2, 0) is 4.79 Å². The van der Waals surface area contributed by atoms with E-state index >= 15 is 0 Å². The van der Waals surface area contributed by atoms with E-state index < -0.39 is 0 Å². The second-order valence-electron chi connectivity index (χ2n) is 3.74. The third-order valence-corrected chi connectivity index (χ3v) is 3.66. The quantitative estimate of drug-likeness (QED) is 0.821.